The lowest BCUT2D eigenvalue weighted by Gasteiger charge is -2.17. The van der Waals surface area contributed by atoms with Gasteiger partial charge in [-0.3, -0.25) is 24.2 Å². The average molecular weight is 520 g/mol. The lowest BCUT2D eigenvalue weighted by atomic mass is 10.2. The zero-order valence-corrected chi connectivity index (χ0v) is 20.8. The normalized spacial score (nSPS) is 13.8. The number of amides is 2. The fourth-order valence-corrected chi connectivity index (χ4v) is 5.17. The monoisotopic (exact) mass is 519 g/mol. The number of hydrogen-bond acceptors (Lipinski definition) is 8. The molecule has 5 rings (SSSR count). The summed E-state index contributed by atoms with van der Waals surface area (Å²) < 4.78 is 5.12. The zero-order valence-electron chi connectivity index (χ0n) is 20.0. The maximum absolute atomic E-state index is 12.7. The van der Waals surface area contributed by atoms with Crippen molar-refractivity contribution < 1.29 is 19.1 Å². The van der Waals surface area contributed by atoms with Crippen molar-refractivity contribution in [2.24, 2.45) is 0 Å². The molecule has 0 unspecified atom stereocenters. The quantitative estimate of drug-likeness (QED) is 0.353. The van der Waals surface area contributed by atoms with Crippen molar-refractivity contribution in [1.82, 2.24) is 15.2 Å². The molecule has 0 atom stereocenters. The van der Waals surface area contributed by atoms with Gasteiger partial charge in [-0.25, -0.2) is 0 Å². The molecule has 0 saturated carbocycles. The molecular formula is C26H25N5O5S. The number of anilines is 2. The largest absolute Gasteiger partial charge is 0.456 e. The molecule has 2 amide bonds. The van der Waals surface area contributed by atoms with E-state index in [0.717, 1.165) is 47.1 Å². The van der Waals surface area contributed by atoms with Gasteiger partial charge in [0.25, 0.3) is 11.5 Å². The van der Waals surface area contributed by atoms with Gasteiger partial charge in [-0.05, 0) is 36.1 Å². The summed E-state index contributed by atoms with van der Waals surface area (Å²) in [4.78, 5) is 55.6. The number of esters is 1. The van der Waals surface area contributed by atoms with E-state index in [9.17, 15) is 19.2 Å². The van der Waals surface area contributed by atoms with Crippen molar-refractivity contribution in [3.63, 3.8) is 0 Å². The van der Waals surface area contributed by atoms with E-state index in [2.05, 4.69) is 15.2 Å². The summed E-state index contributed by atoms with van der Waals surface area (Å²) in [5.74, 6) is -0.849. The van der Waals surface area contributed by atoms with Gasteiger partial charge in [-0.1, -0.05) is 48.2 Å². The van der Waals surface area contributed by atoms with E-state index in [-0.39, 0.29) is 47.9 Å². The number of carbonyl (C=O) groups is 3. The molecule has 10 nitrogen and oxygen atoms in total. The Bertz CT molecular complexity index is 1410. The Hall–Kier alpha value is -3.99. The highest BCUT2D eigenvalue weighted by Crippen LogP contribution is 2.29. The molecule has 0 aliphatic carbocycles. The van der Waals surface area contributed by atoms with Crippen LogP contribution < -0.4 is 15.4 Å². The average Bonchev–Trinajstić information content (AvgIpc) is 3.54. The molecule has 1 N–H and O–H groups in total. The molecule has 0 saturated heterocycles. The number of nitrogens with one attached hydrogen (secondary N) is 1. The number of rotatable bonds is 8. The smallest absolute Gasteiger partial charge is 0.306 e. The van der Waals surface area contributed by atoms with Crippen LogP contribution in [0.2, 0.25) is 0 Å². The molecule has 2 aliphatic rings. The summed E-state index contributed by atoms with van der Waals surface area (Å²) in [7, 11) is 0. The van der Waals surface area contributed by atoms with Crippen LogP contribution in [0.5, 0.6) is 0 Å². The van der Waals surface area contributed by atoms with Gasteiger partial charge < -0.3 is 14.5 Å². The second kappa shape index (κ2) is 11.0. The van der Waals surface area contributed by atoms with Crippen molar-refractivity contribution in [1.29, 1.82) is 0 Å². The minimum Gasteiger partial charge on any atom is -0.456 e. The van der Waals surface area contributed by atoms with Crippen LogP contribution in [0.3, 0.4) is 0 Å². The van der Waals surface area contributed by atoms with Crippen LogP contribution >= 0.6 is 11.8 Å². The van der Waals surface area contributed by atoms with Crippen molar-refractivity contribution in [2.45, 2.75) is 30.8 Å². The van der Waals surface area contributed by atoms with Gasteiger partial charge in [0.15, 0.2) is 11.8 Å². The standard InChI is InChI=1S/C26H25N5O5S/c32-22(30-13-11-17-5-1-3-7-20(17)30)15-36-24(34)10-9-19-25(35)27-26(29-28-19)37-16-23(33)31-14-12-18-6-2-4-8-21(18)31/h1-8H,9-16H2,(H,27,29,35). The summed E-state index contributed by atoms with van der Waals surface area (Å²) >= 11 is 1.10. The third-order valence-electron chi connectivity index (χ3n) is 6.38. The van der Waals surface area contributed by atoms with Crippen LogP contribution in [0.15, 0.2) is 58.5 Å². The Morgan fingerprint density at radius 3 is 2.16 bits per heavy atom. The van der Waals surface area contributed by atoms with Gasteiger partial charge >= 0.3 is 5.97 Å². The Morgan fingerprint density at radius 2 is 1.51 bits per heavy atom. The zero-order chi connectivity index (χ0) is 25.8. The SMILES string of the molecule is O=C(CCc1nnc(SCC(=O)N2CCc3ccccc32)[nH]c1=O)OCC(=O)N1CCc2ccccc21. The molecule has 2 aromatic carbocycles. The number of H-pyrrole nitrogens is 1. The highest BCUT2D eigenvalue weighted by Gasteiger charge is 2.26. The van der Waals surface area contributed by atoms with Crippen LogP contribution in [0.4, 0.5) is 11.4 Å². The van der Waals surface area contributed by atoms with Gasteiger partial charge in [0, 0.05) is 30.9 Å². The minimum absolute atomic E-state index is 0.0242. The maximum Gasteiger partial charge on any atom is 0.306 e. The Labute approximate surface area is 217 Å². The van der Waals surface area contributed by atoms with Crippen LogP contribution in [-0.2, 0) is 38.4 Å². The van der Waals surface area contributed by atoms with Crippen LogP contribution in [0, 0.1) is 0 Å². The molecule has 11 heteroatoms. The molecule has 0 bridgehead atoms. The highest BCUT2D eigenvalue weighted by atomic mass is 32.2. The maximum atomic E-state index is 12.7. The number of para-hydroxylation sites is 2. The van der Waals surface area contributed by atoms with E-state index in [1.165, 1.54) is 0 Å². The number of aromatic amines is 1. The Kier molecular flexibility index (Phi) is 7.31. The van der Waals surface area contributed by atoms with E-state index in [1.54, 1.807) is 9.80 Å². The first-order valence-electron chi connectivity index (χ1n) is 12.0. The third kappa shape index (κ3) is 5.56. The molecule has 37 heavy (non-hydrogen) atoms. The van der Waals surface area contributed by atoms with Crippen LogP contribution in [0.25, 0.3) is 0 Å². The van der Waals surface area contributed by atoms with Gasteiger partial charge in [-0.15, -0.1) is 10.2 Å². The lowest BCUT2D eigenvalue weighted by molar-refractivity contribution is -0.147. The van der Waals surface area contributed by atoms with Crippen LogP contribution in [-0.4, -0.2) is 58.4 Å². The van der Waals surface area contributed by atoms with E-state index < -0.39 is 11.5 Å². The van der Waals surface area contributed by atoms with E-state index in [4.69, 9.17) is 4.74 Å². The predicted molar refractivity (Wildman–Crippen MR) is 138 cm³/mol. The number of aryl methyl sites for hydroxylation is 1. The number of thioether (sulfide) groups is 1. The Morgan fingerprint density at radius 1 is 0.892 bits per heavy atom. The number of hydrogen-bond donors (Lipinski definition) is 1. The summed E-state index contributed by atoms with van der Waals surface area (Å²) in [6.07, 6.45) is 1.50. The number of nitrogens with zero attached hydrogens (tertiary/aromatic N) is 4. The number of fused-ring (bicyclic) bond motifs is 2. The van der Waals surface area contributed by atoms with E-state index >= 15 is 0 Å². The van der Waals surface area contributed by atoms with E-state index in [1.807, 2.05) is 48.5 Å². The molecule has 1 aromatic heterocycles. The summed E-state index contributed by atoms with van der Waals surface area (Å²) in [5.41, 5.74) is 3.60. The van der Waals surface area contributed by atoms with Gasteiger partial charge in [0.05, 0.1) is 12.2 Å². The summed E-state index contributed by atoms with van der Waals surface area (Å²) in [6.45, 7) is 0.829. The molecule has 3 aromatic rings. The number of ether oxygens (including phenoxy) is 1. The van der Waals surface area contributed by atoms with Gasteiger partial charge in [0.2, 0.25) is 5.91 Å². The van der Waals surface area contributed by atoms with Crippen molar-refractivity contribution in [3.8, 4) is 0 Å². The first kappa shape index (κ1) is 24.7. The van der Waals surface area contributed by atoms with Gasteiger partial charge in [0.1, 0.15) is 5.69 Å². The molecule has 0 spiro atoms. The number of carbonyl (C=O) groups excluding carboxylic acids is 3. The fourth-order valence-electron chi connectivity index (χ4n) is 4.49. The number of aromatic nitrogens is 3. The summed E-state index contributed by atoms with van der Waals surface area (Å²) in [6, 6.07) is 15.4. The van der Waals surface area contributed by atoms with Crippen molar-refractivity contribution in [3.05, 3.63) is 75.7 Å². The molecule has 3 heterocycles. The summed E-state index contributed by atoms with van der Waals surface area (Å²) in [5, 5.41) is 8.13. The molecular weight excluding hydrogens is 494 g/mol. The fraction of sp³-hybridized carbons (Fsp3) is 0.308. The van der Waals surface area contributed by atoms with E-state index in [0.29, 0.717) is 13.1 Å². The van der Waals surface area contributed by atoms with Crippen molar-refractivity contribution in [2.75, 3.05) is 35.2 Å². The first-order chi connectivity index (χ1) is 18.0. The minimum atomic E-state index is -0.600. The highest BCUT2D eigenvalue weighted by molar-refractivity contribution is 7.99. The third-order valence-corrected chi connectivity index (χ3v) is 7.22. The topological polar surface area (TPSA) is 126 Å². The van der Waals surface area contributed by atoms with Gasteiger partial charge in [-0.2, -0.15) is 0 Å². The van der Waals surface area contributed by atoms with Crippen molar-refractivity contribution >= 4 is 40.9 Å². The second-order valence-electron chi connectivity index (χ2n) is 8.70. The molecule has 190 valence electrons. The Balaban J connectivity index is 1.07. The van der Waals surface area contributed by atoms with Crippen LogP contribution in [0.1, 0.15) is 23.2 Å². The predicted octanol–water partition coefficient (Wildman–Crippen LogP) is 1.91. The lowest BCUT2D eigenvalue weighted by Crippen LogP contribution is -2.33. The molecule has 0 radical (unpaired) electrons. The first-order valence-corrected chi connectivity index (χ1v) is 13.0. The number of benzene rings is 2. The molecule has 2 aliphatic heterocycles. The molecule has 0 fully saturated rings. The second-order valence-corrected chi connectivity index (χ2v) is 9.67.